The predicted molar refractivity (Wildman–Crippen MR) is 28.8 cm³/mol. The van der Waals surface area contributed by atoms with Crippen LogP contribution in [0.15, 0.2) is 6.58 Å². The second-order valence-electron chi connectivity index (χ2n) is 1.35. The first-order valence-electron chi connectivity index (χ1n) is 2.37. The molecule has 1 radical (unpaired) electrons. The van der Waals surface area contributed by atoms with Crippen molar-refractivity contribution in [2.24, 2.45) is 0 Å². The fourth-order valence-electron chi connectivity index (χ4n) is 0.315. The molecule has 0 spiro atoms. The quantitative estimate of drug-likeness (QED) is 0.480. The summed E-state index contributed by atoms with van der Waals surface area (Å²) < 4.78 is 0. The van der Waals surface area contributed by atoms with Crippen molar-refractivity contribution in [2.75, 3.05) is 0 Å². The summed E-state index contributed by atoms with van der Waals surface area (Å²) in [5, 5.41) is 0. The van der Waals surface area contributed by atoms with E-state index in [2.05, 4.69) is 12.7 Å². The smallest absolute Gasteiger partial charge is 0 e. The molecule has 0 aliphatic rings. The molecule has 43 valence electrons. The number of carbonyl (C=O) groups excluding carboxylic acids is 1. The van der Waals surface area contributed by atoms with Crippen molar-refractivity contribution in [3.63, 3.8) is 0 Å². The fraction of sp³-hybridized carbons (Fsp3) is 0.500. The van der Waals surface area contributed by atoms with Crippen LogP contribution in [-0.4, -0.2) is 5.78 Å². The normalized spacial score (nSPS) is 7.12. The molecule has 0 atom stereocenters. The molecule has 0 fully saturated rings. The maximum absolute atomic E-state index is 10.2. The van der Waals surface area contributed by atoms with Gasteiger partial charge in [0.1, 0.15) is 0 Å². The van der Waals surface area contributed by atoms with Gasteiger partial charge >= 0.3 is 0 Å². The Hall–Kier alpha value is 0.514. The molecular weight excluding hydrogens is 177 g/mol. The van der Waals surface area contributed by atoms with Gasteiger partial charge in [0.15, 0.2) is 0 Å². The number of Topliss-reactive ketones (excluding diaryl/α,β-unsaturated/α-hetero) is 1. The number of allylic oxidation sites excluding steroid dienone is 1. The molecule has 0 saturated heterocycles. The minimum absolute atomic E-state index is 0. The van der Waals surface area contributed by atoms with Gasteiger partial charge in [-0.1, -0.05) is 13.3 Å². The van der Waals surface area contributed by atoms with Gasteiger partial charge in [0.2, 0.25) is 0 Å². The molecule has 0 aliphatic heterocycles. The van der Waals surface area contributed by atoms with Gasteiger partial charge < -0.3 is 10.9 Å². The molecule has 0 bridgehead atoms. The summed E-state index contributed by atoms with van der Waals surface area (Å²) in [6.07, 6.45) is 3.75. The van der Waals surface area contributed by atoms with Gasteiger partial charge in [-0.2, -0.15) is 0 Å². The Bertz CT molecular complexity index is 78.6. The molecule has 0 amide bonds. The topological polar surface area (TPSA) is 17.1 Å². The summed E-state index contributed by atoms with van der Waals surface area (Å²) in [7, 11) is 0. The molecule has 0 heterocycles. The Balaban J connectivity index is 0. The molecule has 0 unspecified atom stereocenters. The van der Waals surface area contributed by atoms with E-state index < -0.39 is 0 Å². The summed E-state index contributed by atoms with van der Waals surface area (Å²) in [6, 6.07) is 0. The molecule has 0 N–H and O–H groups in total. The summed E-state index contributed by atoms with van der Waals surface area (Å²) >= 11 is 0. The Morgan fingerprint density at radius 1 is 1.75 bits per heavy atom. The zero-order valence-corrected chi connectivity index (χ0v) is 7.95. The first-order valence-corrected chi connectivity index (χ1v) is 2.37. The van der Waals surface area contributed by atoms with Gasteiger partial charge in [-0.25, -0.2) is 0 Å². The van der Waals surface area contributed by atoms with E-state index in [1.54, 1.807) is 0 Å². The predicted octanol–water partition coefficient (Wildman–Crippen LogP) is 1.34. The molecule has 2 heteroatoms. The summed E-state index contributed by atoms with van der Waals surface area (Å²) in [6.45, 7) is 5.16. The summed E-state index contributed by atoms with van der Waals surface area (Å²) in [4.78, 5) is 10.2. The third-order valence-corrected chi connectivity index (χ3v) is 0.674. The molecule has 1 nitrogen and oxygen atoms in total. The van der Waals surface area contributed by atoms with Gasteiger partial charge in [-0.05, 0) is 12.2 Å². The average molecular weight is 186 g/mol. The van der Waals surface area contributed by atoms with Gasteiger partial charge in [0, 0.05) is 32.7 Å². The molecule has 0 saturated carbocycles. The molecule has 0 aliphatic carbocycles. The van der Waals surface area contributed by atoms with Crippen LogP contribution in [0.4, 0.5) is 0 Å². The van der Waals surface area contributed by atoms with Crippen LogP contribution in [0.25, 0.3) is 0 Å². The van der Waals surface area contributed by atoms with Gasteiger partial charge in [0.05, 0.1) is 0 Å². The molecule has 0 aromatic carbocycles. The zero-order chi connectivity index (χ0) is 5.70. The Morgan fingerprint density at radius 3 is 2.38 bits per heavy atom. The van der Waals surface area contributed by atoms with Gasteiger partial charge in [-0.3, -0.25) is 6.58 Å². The van der Waals surface area contributed by atoms with E-state index in [-0.39, 0.29) is 38.5 Å². The monoisotopic (exact) mass is 186 g/mol. The fourth-order valence-corrected chi connectivity index (χ4v) is 0.315. The third kappa shape index (κ3) is 6.51. The first-order chi connectivity index (χ1) is 3.31. The van der Waals surface area contributed by atoms with Crippen LogP contribution in [-0.2, 0) is 37.5 Å². The minimum atomic E-state index is 0. The van der Waals surface area contributed by atoms with Crippen LogP contribution in [0.3, 0.4) is 0 Å². The largest absolute Gasteiger partial charge is 0.435 e. The Morgan fingerprint density at radius 2 is 2.25 bits per heavy atom. The van der Waals surface area contributed by atoms with E-state index in [0.29, 0.717) is 6.42 Å². The number of hydrogen-bond acceptors (Lipinski definition) is 1. The van der Waals surface area contributed by atoms with Crippen molar-refractivity contribution >= 4 is 5.78 Å². The molecule has 0 aromatic heterocycles. The van der Waals surface area contributed by atoms with Crippen molar-refractivity contribution < 1.29 is 37.5 Å². The molecule has 0 aromatic rings. The summed E-state index contributed by atoms with van der Waals surface area (Å²) in [5.74, 6) is 0.0162. The van der Waals surface area contributed by atoms with E-state index in [9.17, 15) is 4.79 Å². The van der Waals surface area contributed by atoms with Crippen LogP contribution >= 0.6 is 0 Å². The maximum atomic E-state index is 10.2. The first kappa shape index (κ1) is 11.3. The van der Waals surface area contributed by atoms with E-state index in [4.69, 9.17) is 0 Å². The summed E-state index contributed by atoms with van der Waals surface area (Å²) in [5.41, 5.74) is 0. The third-order valence-electron chi connectivity index (χ3n) is 0.674. The van der Waals surface area contributed by atoms with Crippen molar-refractivity contribution in [3.05, 3.63) is 12.7 Å². The Labute approximate surface area is 75.4 Å². The second-order valence-corrected chi connectivity index (χ2v) is 1.35. The van der Waals surface area contributed by atoms with E-state index in [0.717, 1.165) is 6.42 Å². The van der Waals surface area contributed by atoms with Crippen molar-refractivity contribution in [3.8, 4) is 0 Å². The van der Waals surface area contributed by atoms with E-state index in [1.165, 1.54) is 0 Å². The van der Waals surface area contributed by atoms with Crippen LogP contribution in [0.2, 0.25) is 0 Å². The van der Waals surface area contributed by atoms with Crippen molar-refractivity contribution in [2.45, 2.75) is 19.8 Å². The van der Waals surface area contributed by atoms with Crippen LogP contribution in [0.5, 0.6) is 0 Å². The van der Waals surface area contributed by atoms with Crippen LogP contribution < -0.4 is 0 Å². The molecule has 8 heavy (non-hydrogen) atoms. The van der Waals surface area contributed by atoms with E-state index >= 15 is 0 Å². The standard InChI is InChI=1S/C6H9O.Y/c1-3-5-6(7)4-2;/h2-3,5H2,1H3;/q-1;. The number of ketones is 1. The molecule has 0 rings (SSSR count). The van der Waals surface area contributed by atoms with Crippen LogP contribution in [0, 0.1) is 6.08 Å². The van der Waals surface area contributed by atoms with Crippen LogP contribution in [0.1, 0.15) is 19.8 Å². The zero-order valence-electron chi connectivity index (χ0n) is 5.11. The van der Waals surface area contributed by atoms with E-state index in [1.807, 2.05) is 6.92 Å². The average Bonchev–Trinajstić information content (AvgIpc) is 1.68. The van der Waals surface area contributed by atoms with Crippen molar-refractivity contribution in [1.29, 1.82) is 0 Å². The number of hydrogen-bond donors (Lipinski definition) is 0. The maximum Gasteiger partial charge on any atom is 0 e. The van der Waals surface area contributed by atoms with Crippen molar-refractivity contribution in [1.82, 2.24) is 0 Å². The number of carbonyl (C=O) groups is 1. The Kier molecular flexibility index (Phi) is 10.6. The number of rotatable bonds is 3. The SMILES string of the molecule is C=[C-]C(=O)CCC.[Y]. The van der Waals surface area contributed by atoms with Gasteiger partial charge in [-0.15, -0.1) is 0 Å². The minimum Gasteiger partial charge on any atom is -0.435 e. The van der Waals surface area contributed by atoms with Gasteiger partial charge in [0.25, 0.3) is 0 Å². The molecular formula is C6H9OY-. The second kappa shape index (κ2) is 7.51.